The third kappa shape index (κ3) is 4.44. The number of nitrogens with one attached hydrogen (secondary N) is 1. The topological polar surface area (TPSA) is 24.5 Å². The zero-order chi connectivity index (χ0) is 13.6. The summed E-state index contributed by atoms with van der Waals surface area (Å²) in [5, 5.41) is 3.45. The van der Waals surface area contributed by atoms with E-state index in [2.05, 4.69) is 17.3 Å². The van der Waals surface area contributed by atoms with Gasteiger partial charge in [0.1, 0.15) is 0 Å². The van der Waals surface area contributed by atoms with Gasteiger partial charge >= 0.3 is 0 Å². The van der Waals surface area contributed by atoms with Crippen molar-refractivity contribution in [1.29, 1.82) is 0 Å². The highest BCUT2D eigenvalue weighted by molar-refractivity contribution is 4.88. The minimum Gasteiger partial charge on any atom is -0.384 e. The predicted molar refractivity (Wildman–Crippen MR) is 80.5 cm³/mol. The summed E-state index contributed by atoms with van der Waals surface area (Å²) in [5.41, 5.74) is 0.557. The minimum atomic E-state index is 0.557. The molecule has 0 aromatic rings. The van der Waals surface area contributed by atoms with Gasteiger partial charge in [0, 0.05) is 26.8 Å². The van der Waals surface area contributed by atoms with E-state index < -0.39 is 0 Å². The monoisotopic (exact) mass is 268 g/mol. The number of piperidine rings is 1. The maximum Gasteiger partial charge on any atom is 0.0491 e. The Kier molecular flexibility index (Phi) is 6.11. The molecular formula is C16H32N2O. The van der Waals surface area contributed by atoms with Crippen LogP contribution in [-0.2, 0) is 4.74 Å². The van der Waals surface area contributed by atoms with Crippen molar-refractivity contribution in [2.24, 2.45) is 11.3 Å². The van der Waals surface area contributed by atoms with Crippen LogP contribution in [0.5, 0.6) is 0 Å². The summed E-state index contributed by atoms with van der Waals surface area (Å²) >= 11 is 0. The molecule has 1 heterocycles. The molecule has 1 aliphatic carbocycles. The van der Waals surface area contributed by atoms with E-state index in [0.29, 0.717) is 5.41 Å². The van der Waals surface area contributed by atoms with Crippen molar-refractivity contribution in [2.75, 3.05) is 46.9 Å². The van der Waals surface area contributed by atoms with Gasteiger partial charge in [0.05, 0.1) is 0 Å². The molecule has 2 fully saturated rings. The zero-order valence-corrected chi connectivity index (χ0v) is 12.9. The summed E-state index contributed by atoms with van der Waals surface area (Å²) in [6.45, 7) is 6.02. The molecule has 0 aromatic heterocycles. The highest BCUT2D eigenvalue weighted by Gasteiger charge is 2.34. The van der Waals surface area contributed by atoms with Gasteiger partial charge in [-0.15, -0.1) is 0 Å². The molecule has 1 aliphatic heterocycles. The van der Waals surface area contributed by atoms with E-state index in [9.17, 15) is 0 Å². The smallest absolute Gasteiger partial charge is 0.0491 e. The Morgan fingerprint density at radius 2 is 1.84 bits per heavy atom. The van der Waals surface area contributed by atoms with Crippen molar-refractivity contribution in [3.63, 3.8) is 0 Å². The Hall–Kier alpha value is -0.120. The van der Waals surface area contributed by atoms with Crippen molar-refractivity contribution < 1.29 is 4.74 Å². The molecule has 0 amide bonds. The normalized spacial score (nSPS) is 25.6. The van der Waals surface area contributed by atoms with Gasteiger partial charge in [-0.3, -0.25) is 0 Å². The van der Waals surface area contributed by atoms with Crippen LogP contribution < -0.4 is 5.32 Å². The van der Waals surface area contributed by atoms with Gasteiger partial charge in [0.25, 0.3) is 0 Å². The fourth-order valence-electron chi connectivity index (χ4n) is 4.09. The van der Waals surface area contributed by atoms with Crippen molar-refractivity contribution in [3.05, 3.63) is 0 Å². The van der Waals surface area contributed by atoms with E-state index >= 15 is 0 Å². The summed E-state index contributed by atoms with van der Waals surface area (Å²) in [6, 6.07) is 0. The molecule has 112 valence electrons. The van der Waals surface area contributed by atoms with Crippen LogP contribution in [0.2, 0.25) is 0 Å². The Morgan fingerprint density at radius 3 is 2.42 bits per heavy atom. The number of rotatable bonds is 6. The van der Waals surface area contributed by atoms with E-state index in [-0.39, 0.29) is 0 Å². The molecule has 0 spiro atoms. The van der Waals surface area contributed by atoms with Gasteiger partial charge in [-0.2, -0.15) is 0 Å². The summed E-state index contributed by atoms with van der Waals surface area (Å²) in [6.07, 6.45) is 9.80. The van der Waals surface area contributed by atoms with Crippen LogP contribution in [0.15, 0.2) is 0 Å². The Morgan fingerprint density at radius 1 is 1.16 bits per heavy atom. The Labute approximate surface area is 119 Å². The summed E-state index contributed by atoms with van der Waals surface area (Å²) in [5.74, 6) is 0.799. The van der Waals surface area contributed by atoms with Gasteiger partial charge in [-0.25, -0.2) is 0 Å². The molecule has 1 saturated carbocycles. The van der Waals surface area contributed by atoms with Crippen LogP contribution in [0.1, 0.15) is 44.9 Å². The van der Waals surface area contributed by atoms with Gasteiger partial charge in [0.2, 0.25) is 0 Å². The van der Waals surface area contributed by atoms with Gasteiger partial charge in [-0.1, -0.05) is 19.3 Å². The van der Waals surface area contributed by atoms with Crippen LogP contribution in [0.4, 0.5) is 0 Å². The maximum atomic E-state index is 5.30. The average Bonchev–Trinajstić information content (AvgIpc) is 2.43. The number of methoxy groups -OCH3 is 1. The highest BCUT2D eigenvalue weighted by Crippen LogP contribution is 2.37. The van der Waals surface area contributed by atoms with E-state index in [4.69, 9.17) is 4.74 Å². The van der Waals surface area contributed by atoms with E-state index in [1.807, 2.05) is 7.11 Å². The van der Waals surface area contributed by atoms with Crippen LogP contribution in [0.25, 0.3) is 0 Å². The van der Waals surface area contributed by atoms with Crippen LogP contribution >= 0.6 is 0 Å². The van der Waals surface area contributed by atoms with Crippen molar-refractivity contribution in [1.82, 2.24) is 10.2 Å². The van der Waals surface area contributed by atoms with Crippen LogP contribution in [-0.4, -0.2) is 51.8 Å². The standard InChI is InChI=1S/C16H32N2O/c1-17-13-16(8-4-3-5-9-16)14-18-10-6-15(7-11-18)12-19-2/h15,17H,3-14H2,1-2H3. The molecule has 0 radical (unpaired) electrons. The zero-order valence-electron chi connectivity index (χ0n) is 12.9. The molecule has 1 saturated heterocycles. The van der Waals surface area contributed by atoms with E-state index in [0.717, 1.165) is 12.5 Å². The second-order valence-electron chi connectivity index (χ2n) is 6.77. The predicted octanol–water partition coefficient (Wildman–Crippen LogP) is 2.51. The molecule has 2 rings (SSSR count). The number of likely N-dealkylation sites (tertiary alicyclic amines) is 1. The summed E-state index contributed by atoms with van der Waals surface area (Å²) < 4.78 is 5.30. The van der Waals surface area contributed by atoms with Crippen LogP contribution in [0.3, 0.4) is 0 Å². The number of ether oxygens (including phenoxy) is 1. The lowest BCUT2D eigenvalue weighted by Gasteiger charge is -2.43. The maximum absolute atomic E-state index is 5.30. The lowest BCUT2D eigenvalue weighted by molar-refractivity contribution is 0.0578. The minimum absolute atomic E-state index is 0.557. The quantitative estimate of drug-likeness (QED) is 0.801. The van der Waals surface area contributed by atoms with Crippen molar-refractivity contribution >= 4 is 0 Å². The summed E-state index contributed by atoms with van der Waals surface area (Å²) in [7, 11) is 3.94. The molecular weight excluding hydrogens is 236 g/mol. The molecule has 0 atom stereocenters. The largest absolute Gasteiger partial charge is 0.384 e. The van der Waals surface area contributed by atoms with E-state index in [1.54, 1.807) is 0 Å². The van der Waals surface area contributed by atoms with Gasteiger partial charge in [-0.05, 0) is 57.2 Å². The fraction of sp³-hybridized carbons (Fsp3) is 1.00. The number of hydrogen-bond acceptors (Lipinski definition) is 3. The summed E-state index contributed by atoms with van der Waals surface area (Å²) in [4.78, 5) is 2.72. The number of nitrogens with zero attached hydrogens (tertiary/aromatic N) is 1. The third-order valence-electron chi connectivity index (χ3n) is 5.13. The lowest BCUT2D eigenvalue weighted by Crippen LogP contribution is -2.47. The first kappa shape index (κ1) is 15.3. The second-order valence-corrected chi connectivity index (χ2v) is 6.77. The molecule has 3 nitrogen and oxygen atoms in total. The van der Waals surface area contributed by atoms with Crippen LogP contribution in [0, 0.1) is 11.3 Å². The van der Waals surface area contributed by atoms with Crippen molar-refractivity contribution in [2.45, 2.75) is 44.9 Å². The molecule has 3 heteroatoms. The molecule has 19 heavy (non-hydrogen) atoms. The third-order valence-corrected chi connectivity index (χ3v) is 5.13. The van der Waals surface area contributed by atoms with Gasteiger partial charge < -0.3 is 15.0 Å². The average molecular weight is 268 g/mol. The SMILES string of the molecule is CNCC1(CN2CCC(COC)CC2)CCCCC1. The first-order valence-electron chi connectivity index (χ1n) is 8.14. The molecule has 1 N–H and O–H groups in total. The second kappa shape index (κ2) is 7.61. The van der Waals surface area contributed by atoms with Crippen molar-refractivity contribution in [3.8, 4) is 0 Å². The molecule has 0 bridgehead atoms. The lowest BCUT2D eigenvalue weighted by atomic mass is 9.73. The number of hydrogen-bond donors (Lipinski definition) is 1. The highest BCUT2D eigenvalue weighted by atomic mass is 16.5. The first-order valence-corrected chi connectivity index (χ1v) is 8.14. The molecule has 0 unspecified atom stereocenters. The van der Waals surface area contributed by atoms with Gasteiger partial charge in [0.15, 0.2) is 0 Å². The fourth-order valence-corrected chi connectivity index (χ4v) is 4.09. The Balaban J connectivity index is 1.81. The van der Waals surface area contributed by atoms with E-state index in [1.165, 1.54) is 71.1 Å². The molecule has 2 aliphatic rings. The Bertz CT molecular complexity index is 238. The molecule has 0 aromatic carbocycles. The first-order chi connectivity index (χ1) is 9.28.